The molecule has 0 aliphatic carbocycles. The van der Waals surface area contributed by atoms with Gasteiger partial charge in [0.25, 0.3) is 5.91 Å². The highest BCUT2D eigenvalue weighted by molar-refractivity contribution is 7.10. The number of fused-ring (bicyclic) bond motifs is 2. The van der Waals surface area contributed by atoms with E-state index in [1.807, 2.05) is 18.5 Å². The summed E-state index contributed by atoms with van der Waals surface area (Å²) < 4.78 is 38.9. The number of carbonyl (C=O) groups is 1. The maximum atomic E-state index is 13.0. The molecule has 1 aliphatic rings. The summed E-state index contributed by atoms with van der Waals surface area (Å²) in [6, 6.07) is 8.95. The largest absolute Gasteiger partial charge is 0.416 e. The van der Waals surface area contributed by atoms with Crippen LogP contribution in [0.15, 0.2) is 54.2 Å². The van der Waals surface area contributed by atoms with E-state index in [2.05, 4.69) is 33.2 Å². The minimum Gasteiger partial charge on any atom is -0.346 e. The van der Waals surface area contributed by atoms with Crippen molar-refractivity contribution in [1.29, 1.82) is 0 Å². The molecule has 1 atom stereocenters. The minimum absolute atomic E-state index is 0.121. The van der Waals surface area contributed by atoms with E-state index >= 15 is 0 Å². The molecule has 1 aromatic carbocycles. The molecule has 33 heavy (non-hydrogen) atoms. The van der Waals surface area contributed by atoms with Gasteiger partial charge in [-0.05, 0) is 54.8 Å². The van der Waals surface area contributed by atoms with Crippen molar-refractivity contribution in [2.45, 2.75) is 32.1 Å². The highest BCUT2D eigenvalue weighted by atomic mass is 32.1. The number of nitrogens with one attached hydrogen (secondary N) is 2. The maximum Gasteiger partial charge on any atom is 0.416 e. The first-order valence-electron chi connectivity index (χ1n) is 10.5. The predicted molar refractivity (Wildman–Crippen MR) is 122 cm³/mol. The van der Waals surface area contributed by atoms with Gasteiger partial charge in [-0.3, -0.25) is 9.69 Å². The van der Waals surface area contributed by atoms with Crippen molar-refractivity contribution in [2.75, 3.05) is 11.9 Å². The van der Waals surface area contributed by atoms with Crippen molar-refractivity contribution < 1.29 is 18.0 Å². The molecule has 0 fully saturated rings. The van der Waals surface area contributed by atoms with E-state index in [4.69, 9.17) is 0 Å². The van der Waals surface area contributed by atoms with E-state index in [0.29, 0.717) is 12.0 Å². The first kappa shape index (κ1) is 21.7. The van der Waals surface area contributed by atoms with Crippen LogP contribution >= 0.6 is 11.3 Å². The first-order chi connectivity index (χ1) is 15.8. The number of hydrogen-bond donors (Lipinski definition) is 2. The number of pyridine rings is 1. The molecule has 1 unspecified atom stereocenters. The van der Waals surface area contributed by atoms with Gasteiger partial charge in [-0.2, -0.15) is 13.2 Å². The Balaban J connectivity index is 1.32. The third-order valence-corrected chi connectivity index (χ3v) is 7.23. The molecule has 170 valence electrons. The highest BCUT2D eigenvalue weighted by Gasteiger charge is 2.31. The van der Waals surface area contributed by atoms with E-state index in [1.54, 1.807) is 5.38 Å². The van der Waals surface area contributed by atoms with Gasteiger partial charge in [-0.1, -0.05) is 6.07 Å². The lowest BCUT2D eigenvalue weighted by atomic mass is 9.97. The van der Waals surface area contributed by atoms with Crippen molar-refractivity contribution in [2.24, 2.45) is 0 Å². The number of carbonyl (C=O) groups excluding carboxylic acids is 1. The summed E-state index contributed by atoms with van der Waals surface area (Å²) in [5.74, 6) is -0.380. The Morgan fingerprint density at radius 3 is 2.97 bits per heavy atom. The minimum atomic E-state index is -4.46. The number of nitrogens with zero attached hydrogens (tertiary/aromatic N) is 2. The molecule has 4 aromatic rings. The molecule has 5 rings (SSSR count). The monoisotopic (exact) mass is 470 g/mol. The second-order valence-corrected chi connectivity index (χ2v) is 9.09. The number of anilines is 1. The van der Waals surface area contributed by atoms with Gasteiger partial charge in [-0.15, -0.1) is 11.3 Å². The average Bonchev–Trinajstić information content (AvgIpc) is 3.42. The van der Waals surface area contributed by atoms with Gasteiger partial charge in [0.2, 0.25) is 0 Å². The number of benzene rings is 1. The van der Waals surface area contributed by atoms with Crippen LogP contribution in [0.5, 0.6) is 0 Å². The van der Waals surface area contributed by atoms with E-state index in [-0.39, 0.29) is 17.6 Å². The second-order valence-electron chi connectivity index (χ2n) is 8.18. The molecule has 0 saturated heterocycles. The smallest absolute Gasteiger partial charge is 0.346 e. The van der Waals surface area contributed by atoms with Crippen LogP contribution < -0.4 is 5.32 Å². The number of aromatic amines is 1. The average molecular weight is 471 g/mol. The number of halogens is 3. The Hall–Kier alpha value is -3.17. The fraction of sp³-hybridized carbons (Fsp3) is 0.250. The van der Waals surface area contributed by atoms with Gasteiger partial charge in [-0.25, -0.2) is 4.98 Å². The SMILES string of the molecule is CC1c2scc(C(=O)Nc3cccc(C(F)(F)F)c3)c2CCN1Cc1cnc2[nH]ccc2c1. The second kappa shape index (κ2) is 8.31. The molecule has 0 radical (unpaired) electrons. The third kappa shape index (κ3) is 4.26. The normalized spacial score (nSPS) is 16.7. The number of amides is 1. The Kier molecular flexibility index (Phi) is 5.46. The summed E-state index contributed by atoms with van der Waals surface area (Å²) in [6.45, 7) is 3.64. The molecule has 1 amide bonds. The summed E-state index contributed by atoms with van der Waals surface area (Å²) in [5, 5.41) is 5.51. The van der Waals surface area contributed by atoms with Crippen molar-refractivity contribution in [3.63, 3.8) is 0 Å². The lowest BCUT2D eigenvalue weighted by molar-refractivity contribution is -0.137. The fourth-order valence-corrected chi connectivity index (χ4v) is 5.50. The van der Waals surface area contributed by atoms with Crippen LogP contribution in [0.25, 0.3) is 11.0 Å². The lowest BCUT2D eigenvalue weighted by Gasteiger charge is -2.33. The Morgan fingerprint density at radius 1 is 1.30 bits per heavy atom. The standard InChI is InChI=1S/C24H21F3N4OS/c1-14-21-19(6-8-31(14)12-15-9-16-5-7-28-22(16)29-11-15)20(13-33-21)23(32)30-18-4-2-3-17(10-18)24(25,26)27/h2-5,7,9-11,13-14H,6,8,12H2,1H3,(H,28,29)(H,30,32). The van der Waals surface area contributed by atoms with Crippen molar-refractivity contribution >= 4 is 34.0 Å². The summed E-state index contributed by atoms with van der Waals surface area (Å²) in [4.78, 5) is 23.9. The molecule has 1 aliphatic heterocycles. The third-order valence-electron chi connectivity index (χ3n) is 6.04. The Labute approximate surface area is 192 Å². The molecule has 3 aromatic heterocycles. The van der Waals surface area contributed by atoms with Crippen LogP contribution in [0.4, 0.5) is 18.9 Å². The van der Waals surface area contributed by atoms with Crippen molar-refractivity contribution in [3.8, 4) is 0 Å². The number of thiophene rings is 1. The zero-order valence-corrected chi connectivity index (χ0v) is 18.6. The zero-order chi connectivity index (χ0) is 23.2. The molecule has 0 saturated carbocycles. The van der Waals surface area contributed by atoms with Crippen LogP contribution in [0.2, 0.25) is 0 Å². The molecular formula is C24H21F3N4OS. The lowest BCUT2D eigenvalue weighted by Crippen LogP contribution is -2.33. The van der Waals surface area contributed by atoms with E-state index in [1.165, 1.54) is 23.5 Å². The summed E-state index contributed by atoms with van der Waals surface area (Å²) in [5.41, 5.74) is 2.85. The van der Waals surface area contributed by atoms with Crippen molar-refractivity contribution in [3.05, 3.63) is 81.3 Å². The summed E-state index contributed by atoms with van der Waals surface area (Å²) in [6.07, 6.45) is -0.00502. The zero-order valence-electron chi connectivity index (χ0n) is 17.7. The molecule has 9 heteroatoms. The van der Waals surface area contributed by atoms with Gasteiger partial charge >= 0.3 is 6.18 Å². The Bertz CT molecular complexity index is 1330. The van der Waals surface area contributed by atoms with Crippen LogP contribution in [-0.2, 0) is 19.1 Å². The highest BCUT2D eigenvalue weighted by Crippen LogP contribution is 2.38. The maximum absolute atomic E-state index is 13.0. The topological polar surface area (TPSA) is 61.0 Å². The molecular weight excluding hydrogens is 449 g/mol. The van der Waals surface area contributed by atoms with Gasteiger partial charge in [0, 0.05) is 52.9 Å². The van der Waals surface area contributed by atoms with Crippen LogP contribution in [0.3, 0.4) is 0 Å². The van der Waals surface area contributed by atoms with Crippen LogP contribution in [-0.4, -0.2) is 27.3 Å². The fourth-order valence-electron chi connectivity index (χ4n) is 4.31. The molecule has 5 nitrogen and oxygen atoms in total. The first-order valence-corrected chi connectivity index (χ1v) is 11.4. The molecule has 0 bridgehead atoms. The molecule has 2 N–H and O–H groups in total. The van der Waals surface area contributed by atoms with Crippen LogP contribution in [0, 0.1) is 0 Å². The van der Waals surface area contributed by atoms with Gasteiger partial charge in [0.1, 0.15) is 5.65 Å². The van der Waals surface area contributed by atoms with E-state index in [0.717, 1.165) is 52.3 Å². The van der Waals surface area contributed by atoms with Crippen molar-refractivity contribution in [1.82, 2.24) is 14.9 Å². The quantitative estimate of drug-likeness (QED) is 0.384. The molecule has 0 spiro atoms. The van der Waals surface area contributed by atoms with Crippen LogP contribution in [0.1, 0.15) is 44.9 Å². The van der Waals surface area contributed by atoms with Gasteiger partial charge in [0.15, 0.2) is 0 Å². The Morgan fingerprint density at radius 2 is 2.15 bits per heavy atom. The van der Waals surface area contributed by atoms with Gasteiger partial charge < -0.3 is 10.3 Å². The summed E-state index contributed by atoms with van der Waals surface area (Å²) >= 11 is 1.52. The van der Waals surface area contributed by atoms with E-state index < -0.39 is 11.7 Å². The number of rotatable bonds is 4. The van der Waals surface area contributed by atoms with E-state index in [9.17, 15) is 18.0 Å². The number of alkyl halides is 3. The number of hydrogen-bond acceptors (Lipinski definition) is 4. The number of H-pyrrole nitrogens is 1. The molecule has 4 heterocycles. The number of aromatic nitrogens is 2. The summed E-state index contributed by atoms with van der Waals surface area (Å²) in [7, 11) is 0. The van der Waals surface area contributed by atoms with Gasteiger partial charge in [0.05, 0.1) is 11.1 Å². The predicted octanol–water partition coefficient (Wildman–Crippen LogP) is 6.01.